The Morgan fingerprint density at radius 3 is 2.54 bits per heavy atom. The topological polar surface area (TPSA) is 211 Å². The number of amides is 3. The molecule has 1 atom stereocenters. The zero-order valence-corrected chi connectivity index (χ0v) is 32.7. The van der Waals surface area contributed by atoms with Gasteiger partial charge in [0.2, 0.25) is 27.8 Å². The van der Waals surface area contributed by atoms with E-state index in [4.69, 9.17) is 21.1 Å². The molecule has 57 heavy (non-hydrogen) atoms. The number of fused-ring (bicyclic) bond motifs is 1. The van der Waals surface area contributed by atoms with Crippen LogP contribution in [0.25, 0.3) is 10.8 Å². The molecule has 1 fully saturated rings. The van der Waals surface area contributed by atoms with E-state index in [2.05, 4.69) is 31.4 Å². The van der Waals surface area contributed by atoms with E-state index in [0.29, 0.717) is 34.2 Å². The molecule has 0 saturated carbocycles. The first-order valence-corrected chi connectivity index (χ1v) is 20.1. The maximum Gasteiger partial charge on any atom is 0.259 e. The number of ether oxygens (including phenoxy) is 2. The molecule has 17 heteroatoms. The normalized spacial score (nSPS) is 14.4. The number of carbonyl (C=O) groups excluding carboxylic acids is 3. The first-order valence-electron chi connectivity index (χ1n) is 17.8. The van der Waals surface area contributed by atoms with Gasteiger partial charge in [-0.25, -0.2) is 18.4 Å². The number of rotatable bonds is 14. The van der Waals surface area contributed by atoms with Crippen molar-refractivity contribution < 1.29 is 32.3 Å². The molecule has 0 aliphatic carbocycles. The van der Waals surface area contributed by atoms with Crippen LogP contribution >= 0.6 is 11.6 Å². The van der Waals surface area contributed by atoms with Crippen molar-refractivity contribution in [3.05, 3.63) is 122 Å². The number of nitrogens with zero attached hydrogens (tertiary/aromatic N) is 4. The molecule has 1 unspecified atom stereocenters. The first-order chi connectivity index (χ1) is 27.1. The highest BCUT2D eigenvalue weighted by Gasteiger charge is 2.29. The molecular formula is C40H38ClN7O8S. The van der Waals surface area contributed by atoms with E-state index < -0.39 is 32.9 Å². The standard InChI is InChI=1S/C40H38ClN7O8S/c1-40(2,27-6-8-30(9-7-27)56-23-29-13-16-44-39(45-29)47-57(3,53)54)28-20-26(22-42)35(32(41)21-28)55-18-4-15-43-36(50)25-5-10-31-24(19-25)14-17-48(38(31)52)33-11-12-34(49)46-37(33)51/h5-10,13-14,16-17,19-21,33H,4,11-12,15,18,23H2,1-3H3,(H,43,50)(H,44,45,47)(H,46,49,51). The Kier molecular flexibility index (Phi) is 11.9. The van der Waals surface area contributed by atoms with Crippen molar-refractivity contribution in [2.45, 2.75) is 51.2 Å². The van der Waals surface area contributed by atoms with Gasteiger partial charge in [0.15, 0.2) is 5.75 Å². The third-order valence-corrected chi connectivity index (χ3v) is 10.3. The van der Waals surface area contributed by atoms with Crippen molar-refractivity contribution in [2.24, 2.45) is 0 Å². The molecule has 15 nitrogen and oxygen atoms in total. The largest absolute Gasteiger partial charge is 0.491 e. The van der Waals surface area contributed by atoms with Crippen LogP contribution < -0.4 is 30.4 Å². The third-order valence-electron chi connectivity index (χ3n) is 9.43. The smallest absolute Gasteiger partial charge is 0.259 e. The highest BCUT2D eigenvalue weighted by molar-refractivity contribution is 7.92. The van der Waals surface area contributed by atoms with Crippen LogP contribution in [0.15, 0.2) is 83.9 Å². The molecule has 3 heterocycles. The SMILES string of the molecule is CC(C)(c1ccc(OCc2ccnc(NS(C)(=O)=O)n2)cc1)c1cc(Cl)c(OCCCNC(=O)c2ccc3c(=O)n(C4CCC(=O)NC4=O)ccc3c2)c(C#N)c1. The van der Waals surface area contributed by atoms with Crippen LogP contribution in [0.5, 0.6) is 11.5 Å². The summed E-state index contributed by atoms with van der Waals surface area (Å²) in [6, 6.07) is 20.3. The summed E-state index contributed by atoms with van der Waals surface area (Å²) < 4.78 is 38.3. The first kappa shape index (κ1) is 40.4. The molecule has 3 N–H and O–H groups in total. The van der Waals surface area contributed by atoms with E-state index in [0.717, 1.165) is 17.4 Å². The summed E-state index contributed by atoms with van der Waals surface area (Å²) in [5, 5.41) is 16.2. The molecule has 1 aliphatic heterocycles. The fourth-order valence-electron chi connectivity index (χ4n) is 6.31. The summed E-state index contributed by atoms with van der Waals surface area (Å²) in [5.74, 6) is -0.472. The van der Waals surface area contributed by atoms with Crippen LogP contribution in [0.2, 0.25) is 5.02 Å². The Morgan fingerprint density at radius 2 is 1.82 bits per heavy atom. The Labute approximate surface area is 333 Å². The van der Waals surface area contributed by atoms with Crippen LogP contribution in [-0.2, 0) is 31.6 Å². The number of halogens is 1. The van der Waals surface area contributed by atoms with Gasteiger partial charge in [0.05, 0.1) is 29.1 Å². The zero-order chi connectivity index (χ0) is 40.9. The van der Waals surface area contributed by atoms with E-state index in [1.165, 1.54) is 23.0 Å². The van der Waals surface area contributed by atoms with Crippen molar-refractivity contribution in [1.82, 2.24) is 25.2 Å². The summed E-state index contributed by atoms with van der Waals surface area (Å²) in [6.45, 7) is 4.52. The third kappa shape index (κ3) is 9.57. The van der Waals surface area contributed by atoms with E-state index in [1.54, 1.807) is 48.5 Å². The second kappa shape index (κ2) is 16.8. The number of nitrogens with one attached hydrogen (secondary N) is 3. The summed E-state index contributed by atoms with van der Waals surface area (Å²) in [5.41, 5.74) is 1.85. The van der Waals surface area contributed by atoms with Gasteiger partial charge in [-0.3, -0.25) is 29.2 Å². The van der Waals surface area contributed by atoms with Crippen molar-refractivity contribution in [1.29, 1.82) is 5.26 Å². The Bertz CT molecular complexity index is 2590. The highest BCUT2D eigenvalue weighted by Crippen LogP contribution is 2.38. The molecule has 3 amide bonds. The van der Waals surface area contributed by atoms with Crippen LogP contribution in [0.1, 0.15) is 71.9 Å². The van der Waals surface area contributed by atoms with E-state index in [1.807, 2.05) is 26.0 Å². The molecule has 0 spiro atoms. The average Bonchev–Trinajstić information content (AvgIpc) is 3.17. The van der Waals surface area contributed by atoms with Crippen LogP contribution in [0.4, 0.5) is 5.95 Å². The molecule has 1 aliphatic rings. The van der Waals surface area contributed by atoms with Gasteiger partial charge in [0, 0.05) is 41.7 Å². The van der Waals surface area contributed by atoms with E-state index in [-0.39, 0.29) is 66.7 Å². The van der Waals surface area contributed by atoms with Crippen molar-refractivity contribution in [3.8, 4) is 17.6 Å². The monoisotopic (exact) mass is 811 g/mol. The van der Waals surface area contributed by atoms with Gasteiger partial charge in [-0.15, -0.1) is 0 Å². The Hall–Kier alpha value is -6.31. The number of hydrogen-bond acceptors (Lipinski definition) is 11. The summed E-state index contributed by atoms with van der Waals surface area (Å²) in [6.07, 6.45) is 4.74. The van der Waals surface area contributed by atoms with Gasteiger partial charge in [-0.1, -0.05) is 37.6 Å². The van der Waals surface area contributed by atoms with E-state index in [9.17, 15) is 32.9 Å². The molecule has 6 rings (SSSR count). The number of aromatic nitrogens is 3. The van der Waals surface area contributed by atoms with Crippen molar-refractivity contribution in [2.75, 3.05) is 24.1 Å². The number of hydrogen-bond donors (Lipinski definition) is 3. The number of anilines is 1. The number of benzene rings is 3. The van der Waals surface area contributed by atoms with E-state index >= 15 is 0 Å². The number of piperidine rings is 1. The number of pyridine rings is 1. The molecule has 0 radical (unpaired) electrons. The fourth-order valence-corrected chi connectivity index (χ4v) is 7.02. The lowest BCUT2D eigenvalue weighted by Gasteiger charge is -2.27. The van der Waals surface area contributed by atoms with Gasteiger partial charge < -0.3 is 19.4 Å². The number of nitriles is 1. The minimum atomic E-state index is -3.52. The number of sulfonamides is 1. The second-order valence-electron chi connectivity index (χ2n) is 13.9. The summed E-state index contributed by atoms with van der Waals surface area (Å²) >= 11 is 6.68. The molecular weight excluding hydrogens is 774 g/mol. The molecule has 1 saturated heterocycles. The lowest BCUT2D eigenvalue weighted by molar-refractivity contribution is -0.135. The fraction of sp³-hybridized carbons (Fsp3) is 0.275. The Morgan fingerprint density at radius 1 is 1.05 bits per heavy atom. The number of carbonyl (C=O) groups is 3. The van der Waals surface area contributed by atoms with Gasteiger partial charge in [0.25, 0.3) is 11.5 Å². The summed E-state index contributed by atoms with van der Waals surface area (Å²) in [4.78, 5) is 58.0. The summed E-state index contributed by atoms with van der Waals surface area (Å²) in [7, 11) is -3.52. The molecule has 0 bridgehead atoms. The number of imide groups is 1. The predicted octanol–water partition coefficient (Wildman–Crippen LogP) is 4.77. The average molecular weight is 812 g/mol. The zero-order valence-electron chi connectivity index (χ0n) is 31.2. The van der Waals surface area contributed by atoms with Crippen LogP contribution in [0.3, 0.4) is 0 Å². The van der Waals surface area contributed by atoms with Gasteiger partial charge >= 0.3 is 0 Å². The van der Waals surface area contributed by atoms with Crippen molar-refractivity contribution >= 4 is 56.1 Å². The maximum atomic E-state index is 13.1. The molecule has 3 aromatic carbocycles. The molecule has 5 aromatic rings. The van der Waals surface area contributed by atoms with Gasteiger partial charge in [-0.2, -0.15) is 5.26 Å². The quantitative estimate of drug-likeness (QED) is 0.103. The van der Waals surface area contributed by atoms with Gasteiger partial charge in [0.1, 0.15) is 24.5 Å². The maximum absolute atomic E-state index is 13.1. The predicted molar refractivity (Wildman–Crippen MR) is 212 cm³/mol. The lowest BCUT2D eigenvalue weighted by Crippen LogP contribution is -2.44. The van der Waals surface area contributed by atoms with Gasteiger partial charge in [-0.05, 0) is 84.0 Å². The Balaban J connectivity index is 1.02. The lowest BCUT2D eigenvalue weighted by atomic mass is 9.77. The molecule has 2 aromatic heterocycles. The minimum absolute atomic E-state index is 0.0436. The van der Waals surface area contributed by atoms with Crippen LogP contribution in [0, 0.1) is 11.3 Å². The second-order valence-corrected chi connectivity index (χ2v) is 16.0. The van der Waals surface area contributed by atoms with Crippen molar-refractivity contribution in [3.63, 3.8) is 0 Å². The minimum Gasteiger partial charge on any atom is -0.491 e. The molecule has 294 valence electrons. The highest BCUT2D eigenvalue weighted by atomic mass is 35.5. The van der Waals surface area contributed by atoms with Crippen LogP contribution in [-0.4, -0.2) is 60.1 Å².